The maximum atomic E-state index is 14.0. The third-order valence-electron chi connectivity index (χ3n) is 7.07. The molecule has 0 radical (unpaired) electrons. The zero-order valence-electron chi connectivity index (χ0n) is 22.9. The Kier molecular flexibility index (Phi) is 12.1. The van der Waals surface area contributed by atoms with Crippen LogP contribution in [0.4, 0.5) is 17.6 Å². The van der Waals surface area contributed by atoms with E-state index in [1.165, 1.54) is 19.2 Å². The third kappa shape index (κ3) is 9.36. The Morgan fingerprint density at radius 3 is 2.56 bits per heavy atom. The topological polar surface area (TPSA) is 48.0 Å². The Balaban J connectivity index is 0.00000533. The molecule has 218 valence electrons. The van der Waals surface area contributed by atoms with Gasteiger partial charge in [-0.05, 0) is 73.2 Å². The van der Waals surface area contributed by atoms with Gasteiger partial charge in [-0.1, -0.05) is 32.0 Å². The number of rotatable bonds is 12. The fourth-order valence-corrected chi connectivity index (χ4v) is 5.43. The summed E-state index contributed by atoms with van der Waals surface area (Å²) in [4.78, 5) is 14.8. The number of hydrogen-bond donors (Lipinski definition) is 0. The number of methoxy groups -OCH3 is 1. The molecular weight excluding hydrogens is 538 g/mol. The molecule has 5 nitrogen and oxygen atoms in total. The summed E-state index contributed by atoms with van der Waals surface area (Å²) < 4.78 is 67.4. The van der Waals surface area contributed by atoms with Crippen molar-refractivity contribution < 1.29 is 36.6 Å². The number of esters is 1. The molecule has 1 aliphatic carbocycles. The SMILES string of the molecule is COCC(=O)O[C@@]1(CCN(C)CCc2cccc(OCC(F)(F)F)c2)CCc2cc(F)ccc2[C@H]1C(C)C.Cl. The molecule has 2 atom stereocenters. The molecule has 10 heteroatoms. The van der Waals surface area contributed by atoms with Crippen molar-refractivity contribution in [1.29, 1.82) is 0 Å². The van der Waals surface area contributed by atoms with Gasteiger partial charge in [-0.3, -0.25) is 0 Å². The van der Waals surface area contributed by atoms with Crippen molar-refractivity contribution in [3.8, 4) is 5.75 Å². The van der Waals surface area contributed by atoms with Crippen molar-refractivity contribution in [2.75, 3.05) is 40.5 Å². The summed E-state index contributed by atoms with van der Waals surface area (Å²) >= 11 is 0. The average molecular weight is 576 g/mol. The molecule has 0 unspecified atom stereocenters. The monoisotopic (exact) mass is 575 g/mol. The second-order valence-corrected chi connectivity index (χ2v) is 10.4. The first-order valence-corrected chi connectivity index (χ1v) is 12.9. The molecule has 2 aromatic rings. The Morgan fingerprint density at radius 2 is 1.90 bits per heavy atom. The number of nitrogens with zero attached hydrogens (tertiary/aromatic N) is 1. The zero-order chi connectivity index (χ0) is 27.9. The normalized spacial score (nSPS) is 19.0. The van der Waals surface area contributed by atoms with Gasteiger partial charge >= 0.3 is 12.1 Å². The summed E-state index contributed by atoms with van der Waals surface area (Å²) in [7, 11) is 3.41. The molecule has 0 saturated carbocycles. The lowest BCUT2D eigenvalue weighted by atomic mass is 9.65. The van der Waals surface area contributed by atoms with Crippen LogP contribution >= 0.6 is 12.4 Å². The summed E-state index contributed by atoms with van der Waals surface area (Å²) in [5, 5.41) is 0. The van der Waals surface area contributed by atoms with E-state index in [-0.39, 0.29) is 42.4 Å². The lowest BCUT2D eigenvalue weighted by molar-refractivity contribution is -0.172. The van der Waals surface area contributed by atoms with Crippen LogP contribution < -0.4 is 4.74 Å². The van der Waals surface area contributed by atoms with E-state index in [9.17, 15) is 22.4 Å². The zero-order valence-corrected chi connectivity index (χ0v) is 23.7. The molecule has 0 bridgehead atoms. The number of halogens is 5. The van der Waals surface area contributed by atoms with Crippen LogP contribution in [0.25, 0.3) is 0 Å². The third-order valence-corrected chi connectivity index (χ3v) is 7.07. The van der Waals surface area contributed by atoms with Crippen LogP contribution in [0.1, 0.15) is 49.3 Å². The summed E-state index contributed by atoms with van der Waals surface area (Å²) in [5.41, 5.74) is 2.06. The minimum absolute atomic E-state index is 0. The second-order valence-electron chi connectivity index (χ2n) is 10.4. The number of likely N-dealkylation sites (N-methyl/N-ethyl adjacent to an activating group) is 1. The fourth-order valence-electron chi connectivity index (χ4n) is 5.43. The fraction of sp³-hybridized carbons (Fsp3) is 0.552. The van der Waals surface area contributed by atoms with E-state index in [1.54, 1.807) is 18.2 Å². The molecule has 3 rings (SSSR count). The summed E-state index contributed by atoms with van der Waals surface area (Å²) in [5.74, 6) is -0.489. The Hall–Kier alpha value is -2.36. The van der Waals surface area contributed by atoms with E-state index in [2.05, 4.69) is 18.7 Å². The summed E-state index contributed by atoms with van der Waals surface area (Å²) in [6, 6.07) is 11.5. The van der Waals surface area contributed by atoms with Crippen LogP contribution in [-0.2, 0) is 27.1 Å². The molecule has 0 aliphatic heterocycles. The first-order valence-electron chi connectivity index (χ1n) is 12.9. The van der Waals surface area contributed by atoms with Gasteiger partial charge < -0.3 is 19.1 Å². The Bertz CT molecular complexity index is 1080. The van der Waals surface area contributed by atoms with E-state index in [4.69, 9.17) is 14.2 Å². The molecule has 0 heterocycles. The minimum Gasteiger partial charge on any atom is -0.484 e. The van der Waals surface area contributed by atoms with Crippen LogP contribution in [0.15, 0.2) is 42.5 Å². The second kappa shape index (κ2) is 14.3. The predicted octanol–water partition coefficient (Wildman–Crippen LogP) is 6.37. The van der Waals surface area contributed by atoms with Crippen molar-refractivity contribution in [3.05, 3.63) is 65.0 Å². The van der Waals surface area contributed by atoms with Crippen molar-refractivity contribution in [3.63, 3.8) is 0 Å². The van der Waals surface area contributed by atoms with Crippen LogP contribution in [0.3, 0.4) is 0 Å². The molecule has 1 aliphatic rings. The summed E-state index contributed by atoms with van der Waals surface area (Å²) in [6.07, 6.45) is -2.01. The molecular formula is C29H38ClF4NO4. The number of alkyl halides is 3. The highest BCUT2D eigenvalue weighted by atomic mass is 35.5. The van der Waals surface area contributed by atoms with Crippen molar-refractivity contribution in [2.24, 2.45) is 5.92 Å². The van der Waals surface area contributed by atoms with Gasteiger partial charge in [0, 0.05) is 32.5 Å². The number of hydrogen-bond acceptors (Lipinski definition) is 5. The van der Waals surface area contributed by atoms with E-state index in [0.717, 1.165) is 16.7 Å². The number of aryl methyl sites for hydroxylation is 1. The van der Waals surface area contributed by atoms with Gasteiger partial charge in [0.25, 0.3) is 0 Å². The molecule has 39 heavy (non-hydrogen) atoms. The lowest BCUT2D eigenvalue weighted by Crippen LogP contribution is -2.49. The molecule has 0 saturated heterocycles. The van der Waals surface area contributed by atoms with E-state index in [1.807, 2.05) is 19.2 Å². The first-order chi connectivity index (χ1) is 17.9. The Morgan fingerprint density at radius 1 is 1.15 bits per heavy atom. The number of carbonyl (C=O) groups is 1. The number of carbonyl (C=O) groups excluding carboxylic acids is 1. The van der Waals surface area contributed by atoms with Crippen molar-refractivity contribution in [1.82, 2.24) is 4.90 Å². The largest absolute Gasteiger partial charge is 0.484 e. The van der Waals surface area contributed by atoms with Crippen LogP contribution in [-0.4, -0.2) is 63.1 Å². The molecule has 2 aromatic carbocycles. The predicted molar refractivity (Wildman–Crippen MR) is 144 cm³/mol. The molecule has 0 fully saturated rings. The quantitative estimate of drug-likeness (QED) is 0.217. The van der Waals surface area contributed by atoms with Crippen molar-refractivity contribution in [2.45, 2.75) is 57.2 Å². The number of ether oxygens (including phenoxy) is 3. The van der Waals surface area contributed by atoms with Gasteiger partial charge in [0.2, 0.25) is 0 Å². The maximum Gasteiger partial charge on any atom is 0.422 e. The van der Waals surface area contributed by atoms with Gasteiger partial charge in [-0.25, -0.2) is 9.18 Å². The first kappa shape index (κ1) is 32.8. The van der Waals surface area contributed by atoms with Gasteiger partial charge in [-0.15, -0.1) is 12.4 Å². The van der Waals surface area contributed by atoms with E-state index < -0.39 is 24.4 Å². The maximum absolute atomic E-state index is 14.0. The molecule has 0 N–H and O–H groups in total. The van der Waals surface area contributed by atoms with Gasteiger partial charge in [0.15, 0.2) is 6.61 Å². The smallest absolute Gasteiger partial charge is 0.422 e. The van der Waals surface area contributed by atoms with Crippen molar-refractivity contribution >= 4 is 18.4 Å². The highest BCUT2D eigenvalue weighted by Crippen LogP contribution is 2.48. The highest BCUT2D eigenvalue weighted by molar-refractivity contribution is 5.85. The van der Waals surface area contributed by atoms with Crippen LogP contribution in [0.5, 0.6) is 5.75 Å². The average Bonchev–Trinajstić information content (AvgIpc) is 2.85. The highest BCUT2D eigenvalue weighted by Gasteiger charge is 2.47. The minimum atomic E-state index is -4.39. The molecule has 0 aromatic heterocycles. The Labute approximate surface area is 234 Å². The number of fused-ring (bicyclic) bond motifs is 1. The van der Waals surface area contributed by atoms with E-state index in [0.29, 0.717) is 38.8 Å². The van der Waals surface area contributed by atoms with Gasteiger partial charge in [0.05, 0.1) is 0 Å². The standard InChI is InChI=1S/C29H37F4NO4.ClH/c1-20(2)27-25-9-8-23(30)17-22(25)10-12-28(27,38-26(35)18-36-4)13-15-34(3)14-11-21-6-5-7-24(16-21)37-19-29(31,32)33;/h5-9,16-17,20,27H,10-15,18-19H2,1-4H3;1H/t27-,28-;/m1./s1. The van der Waals surface area contributed by atoms with Crippen LogP contribution in [0.2, 0.25) is 0 Å². The molecule has 0 spiro atoms. The number of benzene rings is 2. The lowest BCUT2D eigenvalue weighted by Gasteiger charge is -2.47. The summed E-state index contributed by atoms with van der Waals surface area (Å²) in [6.45, 7) is 3.97. The van der Waals surface area contributed by atoms with Gasteiger partial charge in [-0.2, -0.15) is 13.2 Å². The molecule has 0 amide bonds. The van der Waals surface area contributed by atoms with E-state index >= 15 is 0 Å². The van der Waals surface area contributed by atoms with Crippen LogP contribution in [0, 0.1) is 11.7 Å². The van der Waals surface area contributed by atoms with Gasteiger partial charge in [0.1, 0.15) is 23.8 Å².